The first-order valence-electron chi connectivity index (χ1n) is 15.0. The van der Waals surface area contributed by atoms with Gasteiger partial charge in [0.1, 0.15) is 18.7 Å². The van der Waals surface area contributed by atoms with Gasteiger partial charge >= 0.3 is 12.1 Å². The molecule has 44 heavy (non-hydrogen) atoms. The second kappa shape index (κ2) is 15.2. The van der Waals surface area contributed by atoms with Crippen molar-refractivity contribution in [2.24, 2.45) is 5.92 Å². The summed E-state index contributed by atoms with van der Waals surface area (Å²) in [5.74, 6) is -2.03. The quantitative estimate of drug-likeness (QED) is 0.266. The molecule has 8 nitrogen and oxygen atoms in total. The van der Waals surface area contributed by atoms with E-state index < -0.39 is 44.3 Å². The number of ether oxygens (including phenoxy) is 1. The number of hydrogen-bond acceptors (Lipinski definition) is 5. The normalized spacial score (nSPS) is 13.8. The highest BCUT2D eigenvalue weighted by molar-refractivity contribution is 6.99. The second-order valence-corrected chi connectivity index (χ2v) is 16.6. The number of benzene rings is 3. The van der Waals surface area contributed by atoms with Gasteiger partial charge in [0, 0.05) is 20.7 Å². The van der Waals surface area contributed by atoms with Crippen LogP contribution in [0.15, 0.2) is 91.0 Å². The van der Waals surface area contributed by atoms with Gasteiger partial charge in [-0.2, -0.15) is 0 Å². The summed E-state index contributed by atoms with van der Waals surface area (Å²) in [6, 6.07) is 27.7. The average molecular weight is 619 g/mol. The van der Waals surface area contributed by atoms with Gasteiger partial charge in [-0.05, 0) is 40.2 Å². The molecule has 0 saturated carbocycles. The maximum absolute atomic E-state index is 13.4. The summed E-state index contributed by atoms with van der Waals surface area (Å²) in [4.78, 5) is 41.0. The monoisotopic (exact) mass is 618 g/mol. The van der Waals surface area contributed by atoms with Crippen molar-refractivity contribution in [2.45, 2.75) is 64.8 Å². The first kappa shape index (κ1) is 34.5. The Labute approximate surface area is 262 Å². The number of carboxylic acids is 1. The van der Waals surface area contributed by atoms with Gasteiger partial charge in [0.25, 0.3) is 8.32 Å². The first-order valence-corrected chi connectivity index (χ1v) is 16.9. The molecule has 0 bridgehead atoms. The summed E-state index contributed by atoms with van der Waals surface area (Å²) >= 11 is 0. The Morgan fingerprint density at radius 2 is 1.27 bits per heavy atom. The number of rotatable bonds is 13. The van der Waals surface area contributed by atoms with Crippen molar-refractivity contribution in [3.05, 3.63) is 96.6 Å². The number of amides is 2. The summed E-state index contributed by atoms with van der Waals surface area (Å²) in [6.07, 6.45) is -0.246. The van der Waals surface area contributed by atoms with Crippen LogP contribution in [0.3, 0.4) is 0 Å². The van der Waals surface area contributed by atoms with Gasteiger partial charge in [-0.3, -0.25) is 9.69 Å². The lowest BCUT2D eigenvalue weighted by Gasteiger charge is -2.43. The van der Waals surface area contributed by atoms with Crippen LogP contribution in [0, 0.1) is 5.92 Å². The van der Waals surface area contributed by atoms with Gasteiger partial charge in [-0.1, -0.05) is 119 Å². The minimum atomic E-state index is -2.79. The second-order valence-electron chi connectivity index (χ2n) is 12.3. The molecule has 3 rings (SSSR count). The zero-order valence-electron chi connectivity index (χ0n) is 26.9. The molecule has 0 radical (unpaired) electrons. The van der Waals surface area contributed by atoms with Crippen LogP contribution in [-0.4, -0.2) is 74.0 Å². The van der Waals surface area contributed by atoms with Crippen LogP contribution < -0.4 is 10.4 Å². The highest BCUT2D eigenvalue weighted by atomic mass is 28.4. The minimum Gasteiger partial charge on any atom is -0.480 e. The largest absolute Gasteiger partial charge is 0.480 e. The molecule has 3 aromatic rings. The summed E-state index contributed by atoms with van der Waals surface area (Å²) in [5, 5.41) is 12.3. The highest BCUT2D eigenvalue weighted by Crippen LogP contribution is 2.37. The Bertz CT molecular complexity index is 1320. The fourth-order valence-electron chi connectivity index (χ4n) is 5.68. The van der Waals surface area contributed by atoms with Crippen LogP contribution in [0.1, 0.15) is 46.6 Å². The Morgan fingerprint density at radius 1 is 0.795 bits per heavy atom. The molecule has 0 aromatic heterocycles. The van der Waals surface area contributed by atoms with Crippen LogP contribution in [0.2, 0.25) is 5.04 Å². The number of hydrogen-bond donors (Lipinski definition) is 1. The van der Waals surface area contributed by atoms with E-state index >= 15 is 0 Å². The Kier molecular flexibility index (Phi) is 11.9. The van der Waals surface area contributed by atoms with Gasteiger partial charge in [0.05, 0.1) is 0 Å². The van der Waals surface area contributed by atoms with Crippen molar-refractivity contribution in [1.29, 1.82) is 0 Å². The van der Waals surface area contributed by atoms with E-state index in [0.29, 0.717) is 13.0 Å². The zero-order chi connectivity index (χ0) is 32.5. The molecule has 0 aliphatic rings. The lowest BCUT2D eigenvalue weighted by atomic mass is 9.97. The fourth-order valence-corrected chi connectivity index (χ4v) is 10.3. The van der Waals surface area contributed by atoms with Crippen molar-refractivity contribution >= 4 is 36.7 Å². The van der Waals surface area contributed by atoms with E-state index in [4.69, 9.17) is 9.16 Å². The van der Waals surface area contributed by atoms with E-state index in [1.165, 1.54) is 23.9 Å². The van der Waals surface area contributed by atoms with Gasteiger partial charge < -0.3 is 19.2 Å². The van der Waals surface area contributed by atoms with E-state index in [0.717, 1.165) is 15.9 Å². The molecule has 2 amide bonds. The van der Waals surface area contributed by atoms with Crippen LogP contribution >= 0.6 is 0 Å². The SMILES string of the molecule is C[C@H](CCO[Si](c1ccccc1)(c1ccccc1)C(C)(C)C)[C@@H](C(=O)O)N(C)C(=O)[C@@H](C)N(C)C(=O)OCc1ccccc1. The summed E-state index contributed by atoms with van der Waals surface area (Å²) in [5.41, 5.74) is 0.824. The number of aliphatic carboxylic acids is 1. The Morgan fingerprint density at radius 3 is 1.73 bits per heavy atom. The minimum absolute atomic E-state index is 0.0703. The molecule has 0 saturated heterocycles. The molecule has 3 atom stereocenters. The van der Waals surface area contributed by atoms with E-state index in [2.05, 4.69) is 45.0 Å². The highest BCUT2D eigenvalue weighted by Gasteiger charge is 2.50. The maximum atomic E-state index is 13.4. The molecular weight excluding hydrogens is 572 g/mol. The molecule has 0 fully saturated rings. The summed E-state index contributed by atoms with van der Waals surface area (Å²) < 4.78 is 12.3. The van der Waals surface area contributed by atoms with Crippen LogP contribution in [0.5, 0.6) is 0 Å². The molecule has 236 valence electrons. The van der Waals surface area contributed by atoms with E-state index in [9.17, 15) is 19.5 Å². The topological polar surface area (TPSA) is 96.4 Å². The lowest BCUT2D eigenvalue weighted by Crippen LogP contribution is -2.66. The van der Waals surface area contributed by atoms with Crippen molar-refractivity contribution in [2.75, 3.05) is 20.7 Å². The Balaban J connectivity index is 1.73. The molecule has 1 N–H and O–H groups in total. The number of nitrogens with zero attached hydrogens (tertiary/aromatic N) is 2. The third-order valence-corrected chi connectivity index (χ3v) is 13.3. The number of carboxylic acid groups (broad SMARTS) is 1. The van der Waals surface area contributed by atoms with Crippen molar-refractivity contribution < 1.29 is 28.7 Å². The summed E-state index contributed by atoms with van der Waals surface area (Å²) in [7, 11) is 0.154. The Hall–Kier alpha value is -3.95. The zero-order valence-corrected chi connectivity index (χ0v) is 27.9. The fraction of sp³-hybridized carbons (Fsp3) is 0.400. The van der Waals surface area contributed by atoms with Gasteiger partial charge in [0.2, 0.25) is 5.91 Å². The third-order valence-electron chi connectivity index (χ3n) is 8.30. The number of carbonyl (C=O) groups is 3. The number of carbonyl (C=O) groups excluding carboxylic acids is 2. The third kappa shape index (κ3) is 7.95. The van der Waals surface area contributed by atoms with Gasteiger partial charge in [-0.15, -0.1) is 0 Å². The first-order chi connectivity index (χ1) is 20.8. The molecule has 3 aromatic carbocycles. The maximum Gasteiger partial charge on any atom is 0.410 e. The molecule has 0 spiro atoms. The molecular formula is C35H46N2O6Si. The van der Waals surface area contributed by atoms with E-state index in [1.807, 2.05) is 73.7 Å². The number of likely N-dealkylation sites (N-methyl/N-ethyl adjacent to an activating group) is 2. The van der Waals surface area contributed by atoms with Crippen LogP contribution in [0.25, 0.3) is 0 Å². The molecule has 0 aliphatic carbocycles. The molecule has 0 heterocycles. The average Bonchev–Trinajstić information content (AvgIpc) is 3.01. The van der Waals surface area contributed by atoms with Gasteiger partial charge in [-0.25, -0.2) is 9.59 Å². The summed E-state index contributed by atoms with van der Waals surface area (Å²) in [6.45, 7) is 10.4. The lowest BCUT2D eigenvalue weighted by molar-refractivity contribution is -0.153. The van der Waals surface area contributed by atoms with Crippen LogP contribution in [-0.2, 0) is 25.4 Å². The van der Waals surface area contributed by atoms with Gasteiger partial charge in [0.15, 0.2) is 0 Å². The molecule has 0 aliphatic heterocycles. The van der Waals surface area contributed by atoms with Crippen molar-refractivity contribution in [3.63, 3.8) is 0 Å². The van der Waals surface area contributed by atoms with Crippen molar-refractivity contribution in [3.8, 4) is 0 Å². The van der Waals surface area contributed by atoms with Crippen LogP contribution in [0.4, 0.5) is 4.79 Å². The predicted octanol–water partition coefficient (Wildman–Crippen LogP) is 5.16. The molecule has 9 heteroatoms. The van der Waals surface area contributed by atoms with Crippen molar-refractivity contribution in [1.82, 2.24) is 9.80 Å². The smallest absolute Gasteiger partial charge is 0.410 e. The standard InChI is InChI=1S/C35H46N2O6Si/c1-26(23-24-43-44(35(3,4)5,29-19-13-9-14-20-29)30-21-15-10-16-22-30)31(33(39)40)37(7)32(38)27(2)36(6)34(41)42-25-28-17-11-8-12-18-28/h8-22,26-27,31H,23-25H2,1-7H3,(H,39,40)/t26-,27-,31+/m1/s1. The predicted molar refractivity (Wildman–Crippen MR) is 175 cm³/mol. The van der Waals surface area contributed by atoms with E-state index in [1.54, 1.807) is 6.92 Å². The molecule has 0 unspecified atom stereocenters. The van der Waals surface area contributed by atoms with E-state index in [-0.39, 0.29) is 11.6 Å².